The van der Waals surface area contributed by atoms with Crippen molar-refractivity contribution in [2.75, 3.05) is 0 Å². The van der Waals surface area contributed by atoms with Crippen molar-refractivity contribution in [3.63, 3.8) is 0 Å². The average molecular weight is 464 g/mol. The number of benzene rings is 1. The van der Waals surface area contributed by atoms with Crippen molar-refractivity contribution in [1.29, 1.82) is 0 Å². The third-order valence-electron chi connectivity index (χ3n) is 3.43. The molecule has 1 aromatic rings. The molecule has 0 bridgehead atoms. The van der Waals surface area contributed by atoms with E-state index in [1.165, 1.54) is 11.1 Å². The zero-order valence-electron chi connectivity index (χ0n) is 18.4. The number of halogens is 2. The summed E-state index contributed by atoms with van der Waals surface area (Å²) in [6.45, 7) is 15.1. The van der Waals surface area contributed by atoms with Crippen LogP contribution in [0.25, 0.3) is 0 Å². The standard InChI is InChI=1S/C11H16O.C9H13.2CH3.2ClH.Si.Ti/c1-8-5-9(11(2,3)4)7-10(12)6-8;1-9(2,3)8-6-4-5-7-8;;;;;;/h5-7,12H,1-4H3;4,6H,5H2,1-3H3;2*1H3;2*1H;;/q;3*-1;;;;+3. The van der Waals surface area contributed by atoms with Gasteiger partial charge in [-0.15, -0.1) is 31.2 Å². The van der Waals surface area contributed by atoms with Gasteiger partial charge in [0.25, 0.3) is 0 Å². The maximum absolute atomic E-state index is 9.36. The van der Waals surface area contributed by atoms with Gasteiger partial charge in [-0.05, 0) is 41.0 Å². The fraction of sp³-hybridized carbons (Fsp3) is 0.455. The molecule has 2 rings (SSSR count). The van der Waals surface area contributed by atoms with Crippen LogP contribution in [0.15, 0.2) is 35.9 Å². The van der Waals surface area contributed by atoms with Crippen LogP contribution in [0.4, 0.5) is 0 Å². The third-order valence-corrected chi connectivity index (χ3v) is 3.43. The van der Waals surface area contributed by atoms with Gasteiger partial charge in [0, 0.05) is 11.0 Å². The minimum atomic E-state index is 0. The molecule has 1 nitrogen and oxygen atoms in total. The molecule has 0 saturated carbocycles. The maximum Gasteiger partial charge on any atom is 3.00 e. The molecule has 0 amide bonds. The first-order valence-electron chi connectivity index (χ1n) is 7.59. The zero-order chi connectivity index (χ0) is 16.3. The van der Waals surface area contributed by atoms with Crippen molar-refractivity contribution in [3.05, 3.63) is 68.0 Å². The van der Waals surface area contributed by atoms with Gasteiger partial charge in [-0.1, -0.05) is 47.6 Å². The summed E-state index contributed by atoms with van der Waals surface area (Å²) in [6, 6.07) is 5.71. The van der Waals surface area contributed by atoms with Gasteiger partial charge < -0.3 is 20.0 Å². The normalized spacial score (nSPS) is 11.3. The van der Waals surface area contributed by atoms with Crippen molar-refractivity contribution in [1.82, 2.24) is 0 Å². The van der Waals surface area contributed by atoms with Gasteiger partial charge in [0.2, 0.25) is 0 Å². The maximum atomic E-state index is 9.36. The van der Waals surface area contributed by atoms with Crippen LogP contribution in [0, 0.1) is 33.3 Å². The largest absolute Gasteiger partial charge is 3.00 e. The number of phenols is 1. The molecule has 1 N–H and O–H groups in total. The molecule has 153 valence electrons. The van der Waals surface area contributed by atoms with Crippen LogP contribution in [0.3, 0.4) is 0 Å². The van der Waals surface area contributed by atoms with Gasteiger partial charge in [0.05, 0.1) is 0 Å². The fourth-order valence-corrected chi connectivity index (χ4v) is 2.12. The molecule has 1 aliphatic carbocycles. The Hall–Kier alpha value is 0.0112. The molecule has 5 heteroatoms. The summed E-state index contributed by atoms with van der Waals surface area (Å²) < 4.78 is 0. The van der Waals surface area contributed by atoms with E-state index in [-0.39, 0.29) is 77.8 Å². The molecular weight excluding hydrogens is 427 g/mol. The first kappa shape index (κ1) is 41.4. The van der Waals surface area contributed by atoms with Crippen molar-refractivity contribution >= 4 is 35.8 Å². The van der Waals surface area contributed by atoms with Crippen LogP contribution in [0.1, 0.15) is 59.1 Å². The van der Waals surface area contributed by atoms with Crippen molar-refractivity contribution in [2.24, 2.45) is 5.41 Å². The van der Waals surface area contributed by atoms with E-state index in [9.17, 15) is 5.11 Å². The van der Waals surface area contributed by atoms with Crippen LogP contribution >= 0.6 is 24.8 Å². The Labute approximate surface area is 201 Å². The molecule has 0 unspecified atom stereocenters. The van der Waals surface area contributed by atoms with Crippen LogP contribution in [0.5, 0.6) is 5.75 Å². The first-order chi connectivity index (χ1) is 9.50. The number of aromatic hydroxyl groups is 1. The summed E-state index contributed by atoms with van der Waals surface area (Å²) in [5.74, 6) is 0.361. The van der Waals surface area contributed by atoms with E-state index in [0.29, 0.717) is 11.2 Å². The van der Waals surface area contributed by atoms with Gasteiger partial charge in [-0.25, -0.2) is 11.6 Å². The Balaban J connectivity index is -0.0000000682. The predicted octanol–water partition coefficient (Wildman–Crippen LogP) is 7.08. The Kier molecular flexibility index (Phi) is 25.9. The summed E-state index contributed by atoms with van der Waals surface area (Å²) in [5, 5.41) is 9.36. The molecule has 0 aliphatic heterocycles. The number of rotatable bonds is 0. The Morgan fingerprint density at radius 3 is 1.63 bits per heavy atom. The van der Waals surface area contributed by atoms with Crippen LogP contribution in [-0.2, 0) is 27.1 Å². The molecule has 0 fully saturated rings. The number of hydrogen-bond donors (Lipinski definition) is 1. The van der Waals surface area contributed by atoms with Crippen LogP contribution in [-0.4, -0.2) is 16.1 Å². The molecule has 0 heterocycles. The SMILES string of the molecule is CC(C)(C)C1=[C-]CC=C1.Cc1cc(O)cc(C(C)(C)C)c1.Cl.Cl.[CH3-].[CH3-].[Si].[Ti+3]. The smallest absolute Gasteiger partial charge is 0.508 e. The van der Waals surface area contributed by atoms with E-state index >= 15 is 0 Å². The second-order valence-corrected chi connectivity index (χ2v) is 7.75. The van der Waals surface area contributed by atoms with Gasteiger partial charge in [0.15, 0.2) is 0 Å². The minimum absolute atomic E-state index is 0. The molecular formula is C22H37Cl2OSiTi. The van der Waals surface area contributed by atoms with Crippen molar-refractivity contribution in [3.8, 4) is 5.75 Å². The summed E-state index contributed by atoms with van der Waals surface area (Å²) in [6.07, 6.45) is 8.63. The quantitative estimate of drug-likeness (QED) is 0.321. The Morgan fingerprint density at radius 2 is 1.37 bits per heavy atom. The van der Waals surface area contributed by atoms with E-state index in [1.807, 2.05) is 13.0 Å². The number of allylic oxidation sites excluding steroid dienone is 4. The number of aryl methyl sites for hydroxylation is 1. The number of hydrogen-bond acceptors (Lipinski definition) is 1. The Bertz CT molecular complexity index is 536. The monoisotopic (exact) mass is 463 g/mol. The van der Waals surface area contributed by atoms with E-state index in [1.54, 1.807) is 6.07 Å². The first-order valence-corrected chi connectivity index (χ1v) is 7.59. The zero-order valence-corrected chi connectivity index (χ0v) is 22.6. The van der Waals surface area contributed by atoms with E-state index in [2.05, 4.69) is 65.8 Å². The van der Waals surface area contributed by atoms with Gasteiger partial charge in [-0.3, -0.25) is 6.08 Å². The van der Waals surface area contributed by atoms with Crippen LogP contribution in [0.2, 0.25) is 0 Å². The molecule has 0 atom stereocenters. The van der Waals surface area contributed by atoms with Gasteiger partial charge in [0.1, 0.15) is 5.75 Å². The van der Waals surface area contributed by atoms with Crippen molar-refractivity contribution in [2.45, 2.75) is 60.3 Å². The Morgan fingerprint density at radius 1 is 0.889 bits per heavy atom. The second-order valence-electron chi connectivity index (χ2n) is 7.75. The minimum Gasteiger partial charge on any atom is -0.508 e. The molecule has 0 saturated heterocycles. The topological polar surface area (TPSA) is 20.2 Å². The molecule has 0 aromatic heterocycles. The van der Waals surface area contributed by atoms with E-state index < -0.39 is 0 Å². The molecule has 5 radical (unpaired) electrons. The van der Waals surface area contributed by atoms with Crippen molar-refractivity contribution < 1.29 is 26.8 Å². The summed E-state index contributed by atoms with van der Waals surface area (Å²) in [7, 11) is 0. The van der Waals surface area contributed by atoms with E-state index in [4.69, 9.17) is 0 Å². The second kappa shape index (κ2) is 16.9. The molecule has 1 aliphatic rings. The molecule has 27 heavy (non-hydrogen) atoms. The summed E-state index contributed by atoms with van der Waals surface area (Å²) in [4.78, 5) is 0. The predicted molar refractivity (Wildman–Crippen MR) is 125 cm³/mol. The van der Waals surface area contributed by atoms with E-state index in [0.717, 1.165) is 12.0 Å². The average Bonchev–Trinajstić information content (AvgIpc) is 2.79. The van der Waals surface area contributed by atoms with Crippen LogP contribution < -0.4 is 0 Å². The third kappa shape index (κ3) is 15.6. The fourth-order valence-electron chi connectivity index (χ4n) is 2.12. The molecule has 0 spiro atoms. The summed E-state index contributed by atoms with van der Waals surface area (Å²) >= 11 is 0. The summed E-state index contributed by atoms with van der Waals surface area (Å²) in [5.41, 5.74) is 4.05. The molecule has 1 aromatic carbocycles. The number of phenolic OH excluding ortho intramolecular Hbond substituents is 1. The van der Waals surface area contributed by atoms with Gasteiger partial charge in [-0.2, -0.15) is 6.08 Å². The van der Waals surface area contributed by atoms with Gasteiger partial charge >= 0.3 is 21.7 Å².